The highest BCUT2D eigenvalue weighted by atomic mass is 19.2. The molecule has 0 N–H and O–H groups in total. The molecule has 0 amide bonds. The van der Waals surface area contributed by atoms with E-state index < -0.39 is 29.0 Å². The SMILES string of the molecule is O=C1C=CC(=O)c2oc(-c3cc(F)c(F)c(F)c3)nc21. The lowest BCUT2D eigenvalue weighted by Crippen LogP contribution is -2.09. The second kappa shape index (κ2) is 4.16. The molecule has 1 aromatic carbocycles. The van der Waals surface area contributed by atoms with Gasteiger partial charge >= 0.3 is 0 Å². The van der Waals surface area contributed by atoms with Crippen LogP contribution in [0.4, 0.5) is 13.2 Å². The number of allylic oxidation sites excluding steroid dienone is 2. The molecule has 7 heteroatoms. The zero-order valence-electron chi connectivity index (χ0n) is 9.62. The van der Waals surface area contributed by atoms with E-state index in [4.69, 9.17) is 4.42 Å². The summed E-state index contributed by atoms with van der Waals surface area (Å²) in [6, 6.07) is 1.33. The van der Waals surface area contributed by atoms with Crippen molar-refractivity contribution in [3.8, 4) is 11.5 Å². The van der Waals surface area contributed by atoms with E-state index >= 15 is 0 Å². The van der Waals surface area contributed by atoms with E-state index in [0.717, 1.165) is 12.2 Å². The van der Waals surface area contributed by atoms with Gasteiger partial charge in [-0.05, 0) is 24.3 Å². The molecule has 0 spiro atoms. The number of aromatic nitrogens is 1. The molecule has 1 heterocycles. The predicted molar refractivity (Wildman–Crippen MR) is 59.6 cm³/mol. The number of fused-ring (bicyclic) bond motifs is 1. The molecule has 1 aliphatic rings. The largest absolute Gasteiger partial charge is 0.432 e. The van der Waals surface area contributed by atoms with E-state index in [1.165, 1.54) is 0 Å². The number of ketones is 2. The van der Waals surface area contributed by atoms with Crippen molar-refractivity contribution in [3.05, 3.63) is 53.2 Å². The molecule has 0 saturated heterocycles. The molecule has 0 bridgehead atoms. The molecule has 20 heavy (non-hydrogen) atoms. The standard InChI is InChI=1S/C13H4F3NO3/c14-6-3-5(4-7(15)10(6)16)13-17-11-8(18)1-2-9(19)12(11)20-13/h1-4H. The Balaban J connectivity index is 2.16. The fourth-order valence-electron chi connectivity index (χ4n) is 1.76. The summed E-state index contributed by atoms with van der Waals surface area (Å²) in [4.78, 5) is 26.7. The van der Waals surface area contributed by atoms with E-state index in [1.54, 1.807) is 0 Å². The molecule has 4 nitrogen and oxygen atoms in total. The highest BCUT2D eigenvalue weighted by Gasteiger charge is 2.27. The van der Waals surface area contributed by atoms with Gasteiger partial charge < -0.3 is 4.42 Å². The number of nitrogens with zero attached hydrogens (tertiary/aromatic N) is 1. The molecule has 2 aromatic rings. The normalized spacial score (nSPS) is 13.8. The lowest BCUT2D eigenvalue weighted by atomic mass is 10.1. The van der Waals surface area contributed by atoms with Gasteiger partial charge in [-0.2, -0.15) is 0 Å². The van der Waals surface area contributed by atoms with E-state index in [2.05, 4.69) is 4.98 Å². The van der Waals surface area contributed by atoms with Gasteiger partial charge in [-0.3, -0.25) is 9.59 Å². The van der Waals surface area contributed by atoms with Crippen molar-refractivity contribution < 1.29 is 27.2 Å². The third-order valence-electron chi connectivity index (χ3n) is 2.70. The molecule has 0 fully saturated rings. The van der Waals surface area contributed by atoms with Gasteiger partial charge in [0.05, 0.1) is 0 Å². The van der Waals surface area contributed by atoms with Crippen molar-refractivity contribution in [3.63, 3.8) is 0 Å². The molecule has 100 valence electrons. The number of benzene rings is 1. The van der Waals surface area contributed by atoms with Crippen molar-refractivity contribution in [1.29, 1.82) is 0 Å². The van der Waals surface area contributed by atoms with Crippen molar-refractivity contribution in [2.75, 3.05) is 0 Å². The zero-order valence-corrected chi connectivity index (χ0v) is 9.62. The maximum atomic E-state index is 13.1. The Hall–Kier alpha value is -2.70. The highest BCUT2D eigenvalue weighted by Crippen LogP contribution is 2.27. The Kier molecular flexibility index (Phi) is 2.56. The zero-order chi connectivity index (χ0) is 14.4. The first-order valence-corrected chi connectivity index (χ1v) is 5.40. The fraction of sp³-hybridized carbons (Fsp3) is 0. The molecule has 0 atom stereocenters. The average molecular weight is 279 g/mol. The predicted octanol–water partition coefficient (Wildman–Crippen LogP) is 2.69. The van der Waals surface area contributed by atoms with Crippen LogP contribution in [0.3, 0.4) is 0 Å². The van der Waals surface area contributed by atoms with Crippen LogP contribution in [0, 0.1) is 17.5 Å². The number of halogens is 3. The van der Waals surface area contributed by atoms with E-state index in [1.807, 2.05) is 0 Å². The molecule has 1 aliphatic carbocycles. The van der Waals surface area contributed by atoms with Gasteiger partial charge in [-0.1, -0.05) is 0 Å². The third kappa shape index (κ3) is 1.75. The minimum Gasteiger partial charge on any atom is -0.432 e. The Labute approximate surface area is 109 Å². The first-order valence-electron chi connectivity index (χ1n) is 5.40. The summed E-state index contributed by atoms with van der Waals surface area (Å²) in [6.07, 6.45) is 2.02. The van der Waals surface area contributed by atoms with Crippen LogP contribution in [0.25, 0.3) is 11.5 Å². The number of rotatable bonds is 1. The fourth-order valence-corrected chi connectivity index (χ4v) is 1.76. The van der Waals surface area contributed by atoms with Crippen molar-refractivity contribution in [2.24, 2.45) is 0 Å². The monoisotopic (exact) mass is 279 g/mol. The maximum Gasteiger partial charge on any atom is 0.227 e. The van der Waals surface area contributed by atoms with Crippen LogP contribution in [0.2, 0.25) is 0 Å². The van der Waals surface area contributed by atoms with Crippen molar-refractivity contribution >= 4 is 11.6 Å². The van der Waals surface area contributed by atoms with Crippen molar-refractivity contribution in [2.45, 2.75) is 0 Å². The molecule has 0 saturated carbocycles. The summed E-state index contributed by atoms with van der Waals surface area (Å²) in [5.41, 5.74) is -0.450. The molecule has 0 aliphatic heterocycles. The van der Waals surface area contributed by atoms with Crippen LogP contribution in [0.1, 0.15) is 21.0 Å². The third-order valence-corrected chi connectivity index (χ3v) is 2.70. The quantitative estimate of drug-likeness (QED) is 0.753. The maximum absolute atomic E-state index is 13.1. The van der Waals surface area contributed by atoms with E-state index in [9.17, 15) is 22.8 Å². The Morgan fingerprint density at radius 1 is 0.950 bits per heavy atom. The van der Waals surface area contributed by atoms with Gasteiger partial charge in [-0.15, -0.1) is 0 Å². The first kappa shape index (κ1) is 12.3. The summed E-state index contributed by atoms with van der Waals surface area (Å²) in [7, 11) is 0. The van der Waals surface area contributed by atoms with Crippen LogP contribution >= 0.6 is 0 Å². The molecule has 3 rings (SSSR count). The second-order valence-corrected chi connectivity index (χ2v) is 4.01. The van der Waals surface area contributed by atoms with Crippen LogP contribution in [0.5, 0.6) is 0 Å². The van der Waals surface area contributed by atoms with Crippen LogP contribution in [0.15, 0.2) is 28.7 Å². The minimum atomic E-state index is -1.63. The summed E-state index contributed by atoms with van der Waals surface area (Å²) >= 11 is 0. The van der Waals surface area contributed by atoms with Gasteiger partial charge in [0, 0.05) is 5.56 Å². The van der Waals surface area contributed by atoms with Gasteiger partial charge in [0.2, 0.25) is 23.2 Å². The van der Waals surface area contributed by atoms with Gasteiger partial charge in [-0.25, -0.2) is 18.2 Å². The van der Waals surface area contributed by atoms with Crippen LogP contribution in [-0.2, 0) is 0 Å². The average Bonchev–Trinajstić information content (AvgIpc) is 2.86. The number of carbonyl (C=O) groups excluding carboxylic acids is 2. The summed E-state index contributed by atoms with van der Waals surface area (Å²) < 4.78 is 44.2. The molecular formula is C13H4F3NO3. The molecule has 0 radical (unpaired) electrons. The highest BCUT2D eigenvalue weighted by molar-refractivity contribution is 6.20. The Bertz CT molecular complexity index is 734. The summed E-state index contributed by atoms with van der Waals surface area (Å²) in [5.74, 6) is -6.26. The first-order chi connectivity index (χ1) is 9.47. The number of oxazole rings is 1. The van der Waals surface area contributed by atoms with Gasteiger partial charge in [0.25, 0.3) is 0 Å². The van der Waals surface area contributed by atoms with Gasteiger partial charge in [0.1, 0.15) is 0 Å². The lowest BCUT2D eigenvalue weighted by Gasteiger charge is -1.98. The van der Waals surface area contributed by atoms with E-state index in [0.29, 0.717) is 12.1 Å². The summed E-state index contributed by atoms with van der Waals surface area (Å²) in [6.45, 7) is 0. The Morgan fingerprint density at radius 3 is 2.15 bits per heavy atom. The van der Waals surface area contributed by atoms with Crippen molar-refractivity contribution in [1.82, 2.24) is 4.98 Å². The molecule has 0 unspecified atom stereocenters. The smallest absolute Gasteiger partial charge is 0.227 e. The van der Waals surface area contributed by atoms with Crippen LogP contribution in [-0.4, -0.2) is 16.6 Å². The second-order valence-electron chi connectivity index (χ2n) is 4.01. The number of carbonyl (C=O) groups is 2. The lowest BCUT2D eigenvalue weighted by molar-refractivity contribution is 0.0974. The Morgan fingerprint density at radius 2 is 1.55 bits per heavy atom. The number of hydrogen-bond acceptors (Lipinski definition) is 4. The summed E-state index contributed by atoms with van der Waals surface area (Å²) in [5, 5.41) is 0. The van der Waals surface area contributed by atoms with Gasteiger partial charge in [0.15, 0.2) is 23.1 Å². The van der Waals surface area contributed by atoms with E-state index in [-0.39, 0.29) is 22.9 Å². The molecule has 1 aromatic heterocycles. The topological polar surface area (TPSA) is 60.2 Å². The van der Waals surface area contributed by atoms with Crippen LogP contribution < -0.4 is 0 Å². The number of hydrogen-bond donors (Lipinski definition) is 0. The minimum absolute atomic E-state index is 0.212. The molecular weight excluding hydrogens is 275 g/mol.